The van der Waals surface area contributed by atoms with Crippen LogP contribution in [-0.2, 0) is 0 Å². The third-order valence-electron chi connectivity index (χ3n) is 5.79. The molecule has 114 valence electrons. The van der Waals surface area contributed by atoms with Gasteiger partial charge in [-0.3, -0.25) is 0 Å². The van der Waals surface area contributed by atoms with Crippen molar-refractivity contribution in [3.05, 3.63) is 28.8 Å². The highest BCUT2D eigenvalue weighted by Gasteiger charge is 2.59. The predicted octanol–water partition coefficient (Wildman–Crippen LogP) is 4.66. The molecule has 3 rings (SSSR count). The Labute approximate surface area is 130 Å². The first-order valence-corrected chi connectivity index (χ1v) is 7.91. The quantitative estimate of drug-likeness (QED) is 0.853. The number of benzene rings is 1. The Kier molecular flexibility index (Phi) is 3.25. The molecule has 0 spiro atoms. The SMILES string of the molecule is CC12CCC(C1)C(C)(C)C2Nc1ccc(C(=O)O)cc1Cl. The normalized spacial score (nSPS) is 33.1. The summed E-state index contributed by atoms with van der Waals surface area (Å²) in [6, 6.07) is 5.29. The van der Waals surface area contributed by atoms with Crippen LogP contribution in [0.3, 0.4) is 0 Å². The van der Waals surface area contributed by atoms with E-state index in [4.69, 9.17) is 16.7 Å². The summed E-state index contributed by atoms with van der Waals surface area (Å²) in [6.45, 7) is 7.03. The van der Waals surface area contributed by atoms with Gasteiger partial charge in [0.2, 0.25) is 0 Å². The molecule has 1 aromatic rings. The van der Waals surface area contributed by atoms with Crippen molar-refractivity contribution in [1.29, 1.82) is 0 Å². The van der Waals surface area contributed by atoms with Crippen molar-refractivity contribution in [3.63, 3.8) is 0 Å². The highest BCUT2D eigenvalue weighted by atomic mass is 35.5. The highest BCUT2D eigenvalue weighted by Crippen LogP contribution is 2.63. The molecule has 21 heavy (non-hydrogen) atoms. The van der Waals surface area contributed by atoms with E-state index in [1.54, 1.807) is 12.1 Å². The number of anilines is 1. The Morgan fingerprint density at radius 3 is 2.62 bits per heavy atom. The van der Waals surface area contributed by atoms with Gasteiger partial charge in [0.25, 0.3) is 0 Å². The number of hydrogen-bond donors (Lipinski definition) is 2. The zero-order valence-corrected chi connectivity index (χ0v) is 13.5. The van der Waals surface area contributed by atoms with Crippen LogP contribution in [0.4, 0.5) is 5.69 Å². The van der Waals surface area contributed by atoms with Crippen molar-refractivity contribution >= 4 is 23.3 Å². The summed E-state index contributed by atoms with van der Waals surface area (Å²) in [5.41, 5.74) is 1.61. The minimum atomic E-state index is -0.948. The lowest BCUT2D eigenvalue weighted by Gasteiger charge is -2.43. The van der Waals surface area contributed by atoms with Gasteiger partial charge < -0.3 is 10.4 Å². The van der Waals surface area contributed by atoms with Crippen molar-refractivity contribution < 1.29 is 9.90 Å². The molecule has 0 heterocycles. The van der Waals surface area contributed by atoms with E-state index >= 15 is 0 Å². The van der Waals surface area contributed by atoms with E-state index in [1.807, 2.05) is 0 Å². The molecule has 2 N–H and O–H groups in total. The summed E-state index contributed by atoms with van der Waals surface area (Å²) in [5.74, 6) is -0.187. The Morgan fingerprint density at radius 1 is 1.38 bits per heavy atom. The summed E-state index contributed by atoms with van der Waals surface area (Å²) < 4.78 is 0. The Morgan fingerprint density at radius 2 is 2.10 bits per heavy atom. The van der Waals surface area contributed by atoms with Crippen molar-refractivity contribution in [2.45, 2.75) is 46.1 Å². The van der Waals surface area contributed by atoms with E-state index in [-0.39, 0.29) is 11.0 Å². The Hall–Kier alpha value is -1.22. The van der Waals surface area contributed by atoms with Crippen molar-refractivity contribution in [2.75, 3.05) is 5.32 Å². The number of nitrogens with one attached hydrogen (secondary N) is 1. The van der Waals surface area contributed by atoms with Crippen molar-refractivity contribution in [1.82, 2.24) is 0 Å². The van der Waals surface area contributed by atoms with Crippen LogP contribution in [0.25, 0.3) is 0 Å². The van der Waals surface area contributed by atoms with Gasteiger partial charge in [0, 0.05) is 6.04 Å². The lowest BCUT2D eigenvalue weighted by Crippen LogP contribution is -2.45. The minimum absolute atomic E-state index is 0.226. The number of carbonyl (C=O) groups is 1. The van der Waals surface area contributed by atoms with Gasteiger partial charge in [-0.2, -0.15) is 0 Å². The predicted molar refractivity (Wildman–Crippen MR) is 85.1 cm³/mol. The number of hydrogen-bond acceptors (Lipinski definition) is 2. The van der Waals surface area contributed by atoms with Gasteiger partial charge in [-0.15, -0.1) is 0 Å². The molecule has 0 amide bonds. The molecule has 0 aliphatic heterocycles. The molecule has 0 saturated heterocycles. The Bertz CT molecular complexity index is 594. The standard InChI is InChI=1S/C17H22ClNO2/c1-16(2)11-6-7-17(3,9-11)15(16)19-13-5-4-10(14(20)21)8-12(13)18/h4-5,8,11,15,19H,6-7,9H2,1-3H3,(H,20,21). The fourth-order valence-corrected chi connectivity index (χ4v) is 4.82. The second-order valence-corrected chi connectivity index (χ2v) is 7.90. The molecule has 1 aromatic carbocycles. The second-order valence-electron chi connectivity index (χ2n) is 7.49. The van der Waals surface area contributed by atoms with Gasteiger partial charge >= 0.3 is 5.97 Å². The number of fused-ring (bicyclic) bond motifs is 2. The number of carboxylic acid groups (broad SMARTS) is 1. The van der Waals surface area contributed by atoms with Crippen LogP contribution < -0.4 is 5.32 Å². The molecule has 4 heteroatoms. The monoisotopic (exact) mass is 307 g/mol. The molecule has 0 aromatic heterocycles. The highest BCUT2D eigenvalue weighted by molar-refractivity contribution is 6.33. The first-order chi connectivity index (χ1) is 9.74. The largest absolute Gasteiger partial charge is 0.478 e. The van der Waals surface area contributed by atoms with Crippen LogP contribution in [0.15, 0.2) is 18.2 Å². The number of carboxylic acids is 1. The smallest absolute Gasteiger partial charge is 0.335 e. The summed E-state index contributed by atoms with van der Waals surface area (Å²) in [7, 11) is 0. The van der Waals surface area contributed by atoms with E-state index in [9.17, 15) is 4.79 Å². The first-order valence-electron chi connectivity index (χ1n) is 7.53. The molecule has 2 aliphatic carbocycles. The van der Waals surface area contributed by atoms with Crippen LogP contribution in [0.5, 0.6) is 0 Å². The van der Waals surface area contributed by atoms with Gasteiger partial charge in [0.15, 0.2) is 0 Å². The van der Waals surface area contributed by atoms with E-state index < -0.39 is 5.97 Å². The second kappa shape index (κ2) is 4.64. The molecule has 2 bridgehead atoms. The molecule has 2 saturated carbocycles. The molecular weight excluding hydrogens is 286 g/mol. The van der Waals surface area contributed by atoms with Gasteiger partial charge in [-0.05, 0) is 54.2 Å². The fraction of sp³-hybridized carbons (Fsp3) is 0.588. The van der Waals surface area contributed by atoms with Crippen molar-refractivity contribution in [3.8, 4) is 0 Å². The van der Waals surface area contributed by atoms with Crippen LogP contribution in [0, 0.1) is 16.7 Å². The zero-order chi connectivity index (χ0) is 15.4. The van der Waals surface area contributed by atoms with Gasteiger partial charge in [0.1, 0.15) is 0 Å². The zero-order valence-electron chi connectivity index (χ0n) is 12.7. The lowest BCUT2D eigenvalue weighted by atomic mass is 9.68. The van der Waals surface area contributed by atoms with E-state index in [0.29, 0.717) is 16.5 Å². The van der Waals surface area contributed by atoms with Crippen LogP contribution in [-0.4, -0.2) is 17.1 Å². The number of aromatic carboxylic acids is 1. The molecule has 3 unspecified atom stereocenters. The summed E-state index contributed by atoms with van der Waals surface area (Å²) in [4.78, 5) is 11.0. The molecule has 0 radical (unpaired) electrons. The fourth-order valence-electron chi connectivity index (χ4n) is 4.58. The minimum Gasteiger partial charge on any atom is -0.478 e. The average molecular weight is 308 g/mol. The number of halogens is 1. The summed E-state index contributed by atoms with van der Waals surface area (Å²) in [6.07, 6.45) is 3.83. The molecule has 3 atom stereocenters. The maximum Gasteiger partial charge on any atom is 0.335 e. The summed E-state index contributed by atoms with van der Waals surface area (Å²) >= 11 is 6.27. The topological polar surface area (TPSA) is 49.3 Å². The van der Waals surface area contributed by atoms with Crippen molar-refractivity contribution in [2.24, 2.45) is 16.7 Å². The van der Waals surface area contributed by atoms with Crippen LogP contribution >= 0.6 is 11.6 Å². The molecule has 2 fully saturated rings. The molecule has 2 aliphatic rings. The molecule has 3 nitrogen and oxygen atoms in total. The maximum atomic E-state index is 11.0. The van der Waals surface area contributed by atoms with Gasteiger partial charge in [-0.25, -0.2) is 4.79 Å². The third kappa shape index (κ3) is 2.22. The third-order valence-corrected chi connectivity index (χ3v) is 6.10. The first kappa shape index (κ1) is 14.7. The maximum absolute atomic E-state index is 11.0. The van der Waals surface area contributed by atoms with Crippen LogP contribution in [0.1, 0.15) is 50.4 Å². The Balaban J connectivity index is 1.88. The molecular formula is C17H22ClNO2. The van der Waals surface area contributed by atoms with Crippen LogP contribution in [0.2, 0.25) is 5.02 Å². The number of rotatable bonds is 3. The van der Waals surface area contributed by atoms with E-state index in [1.165, 1.54) is 25.3 Å². The average Bonchev–Trinajstić information content (AvgIpc) is 2.87. The summed E-state index contributed by atoms with van der Waals surface area (Å²) in [5, 5.41) is 13.1. The van der Waals surface area contributed by atoms with Gasteiger partial charge in [0.05, 0.1) is 16.3 Å². The lowest BCUT2D eigenvalue weighted by molar-refractivity contribution is 0.0697. The van der Waals surface area contributed by atoms with E-state index in [2.05, 4.69) is 26.1 Å². The van der Waals surface area contributed by atoms with E-state index in [0.717, 1.165) is 11.6 Å². The van der Waals surface area contributed by atoms with Gasteiger partial charge in [-0.1, -0.05) is 32.4 Å².